The van der Waals surface area contributed by atoms with Crippen LogP contribution in [0.25, 0.3) is 0 Å². The number of hydrogen-bond acceptors (Lipinski definition) is 0. The molecule has 0 aliphatic heterocycles. The molecule has 2 rings (SSSR count). The van der Waals surface area contributed by atoms with Crippen LogP contribution in [0.15, 0.2) is 24.3 Å². The van der Waals surface area contributed by atoms with E-state index in [0.717, 1.165) is 0 Å². The molecule has 0 saturated carbocycles. The van der Waals surface area contributed by atoms with Crippen molar-refractivity contribution in [2.75, 3.05) is 0 Å². The first-order valence-electron chi connectivity index (χ1n) is 9.81. The summed E-state index contributed by atoms with van der Waals surface area (Å²) in [5, 5.41) is 3.36. The minimum absolute atomic E-state index is 0. The largest absolute Gasteiger partial charge is 4.00 e. The second-order valence-electron chi connectivity index (χ2n) is 7.62. The molecule has 2 aromatic rings. The van der Waals surface area contributed by atoms with Crippen molar-refractivity contribution < 1.29 is 58.9 Å². The van der Waals surface area contributed by atoms with Crippen LogP contribution in [-0.2, 0) is 28.1 Å². The normalized spacial score (nSPS) is 11.2. The minimum Gasteiger partial charge on any atom is -1.00 e. The Balaban J connectivity index is -0.00000156. The van der Waals surface area contributed by atoms with Crippen LogP contribution < -0.4 is 47.6 Å². The van der Waals surface area contributed by atoms with Gasteiger partial charge in [0.1, 0.15) is 0 Å². The Hall–Kier alpha value is 0.371. The van der Waals surface area contributed by atoms with E-state index in [-0.39, 0.29) is 58.9 Å². The molecule has 5 heteroatoms. The third-order valence-electron chi connectivity index (χ3n) is 5.54. The second-order valence-corrected chi connectivity index (χ2v) is 9.44. The molecule has 1 atom stereocenters. The third kappa shape index (κ3) is 8.62. The summed E-state index contributed by atoms with van der Waals surface area (Å²) in [6.45, 7) is 13.9. The van der Waals surface area contributed by atoms with Gasteiger partial charge in [0, 0.05) is 9.52 Å². The molecule has 0 spiro atoms. The van der Waals surface area contributed by atoms with Crippen LogP contribution in [0.5, 0.6) is 0 Å². The van der Waals surface area contributed by atoms with Gasteiger partial charge in [-0.2, -0.15) is 22.4 Å². The van der Waals surface area contributed by atoms with Crippen LogP contribution in [0.4, 0.5) is 0 Å². The van der Waals surface area contributed by atoms with Crippen molar-refractivity contribution in [3.8, 4) is 0 Å². The van der Waals surface area contributed by atoms with Crippen molar-refractivity contribution in [3.05, 3.63) is 52.1 Å². The molecule has 0 aliphatic rings. The summed E-state index contributed by atoms with van der Waals surface area (Å²) in [5.74, 6) is 0.699. The van der Waals surface area contributed by atoms with Crippen molar-refractivity contribution in [3.63, 3.8) is 0 Å². The van der Waals surface area contributed by atoms with Gasteiger partial charge in [0.25, 0.3) is 0 Å². The Morgan fingerprint density at radius 1 is 0.964 bits per heavy atom. The van der Waals surface area contributed by atoms with Crippen LogP contribution in [0.3, 0.4) is 0 Å². The molecule has 2 aromatic carbocycles. The molecule has 156 valence electrons. The van der Waals surface area contributed by atoms with Crippen molar-refractivity contribution in [1.29, 1.82) is 0 Å². The van der Waals surface area contributed by atoms with Gasteiger partial charge < -0.3 is 37.2 Å². The van der Waals surface area contributed by atoms with E-state index in [1.165, 1.54) is 48.8 Å². The molecule has 0 saturated heterocycles. The van der Waals surface area contributed by atoms with E-state index in [1.54, 1.807) is 21.5 Å². The van der Waals surface area contributed by atoms with Crippen LogP contribution in [0.2, 0.25) is 0 Å². The molecule has 0 amide bonds. The monoisotopic (exact) mass is 492 g/mol. The van der Waals surface area contributed by atoms with E-state index in [9.17, 15) is 0 Å². The Labute approximate surface area is 209 Å². The van der Waals surface area contributed by atoms with Gasteiger partial charge in [0.2, 0.25) is 0 Å². The fourth-order valence-electron chi connectivity index (χ4n) is 4.04. The van der Waals surface area contributed by atoms with Gasteiger partial charge in [0.15, 0.2) is 0 Å². The molecule has 0 radical (unpaired) electrons. The molecular formula is C23H35Cl3SiTi. The molecular weight excluding hydrogens is 459 g/mol. The van der Waals surface area contributed by atoms with E-state index in [1.807, 2.05) is 0 Å². The van der Waals surface area contributed by atoms with Crippen LogP contribution >= 0.6 is 0 Å². The molecule has 0 bridgehead atoms. The first-order chi connectivity index (χ1) is 11.5. The van der Waals surface area contributed by atoms with Gasteiger partial charge >= 0.3 is 21.7 Å². The first kappa shape index (κ1) is 33.0. The molecule has 0 aliphatic carbocycles. The quantitative estimate of drug-likeness (QED) is 0.198. The number of hydrogen-bond donors (Lipinski definition) is 0. The molecule has 28 heavy (non-hydrogen) atoms. The fourth-order valence-corrected chi connectivity index (χ4v) is 6.19. The predicted octanol–water partition coefficient (Wildman–Crippen LogP) is -4.29. The van der Waals surface area contributed by atoms with E-state index in [4.69, 9.17) is 0 Å². The Morgan fingerprint density at radius 3 is 2.04 bits per heavy atom. The first-order valence-corrected chi connectivity index (χ1v) is 11.2. The topological polar surface area (TPSA) is 0 Å². The molecule has 0 fully saturated rings. The Morgan fingerprint density at radius 2 is 1.54 bits per heavy atom. The molecule has 0 aromatic heterocycles. The van der Waals surface area contributed by atoms with E-state index in [0.29, 0.717) is 5.92 Å². The molecule has 0 heterocycles. The van der Waals surface area contributed by atoms with Crippen molar-refractivity contribution in [2.45, 2.75) is 79.6 Å². The van der Waals surface area contributed by atoms with Gasteiger partial charge in [-0.1, -0.05) is 86.9 Å². The zero-order chi connectivity index (χ0) is 17.7. The van der Waals surface area contributed by atoms with Crippen molar-refractivity contribution in [1.82, 2.24) is 0 Å². The Kier molecular flexibility index (Phi) is 19.0. The zero-order valence-electron chi connectivity index (χ0n) is 18.3. The Bertz CT molecular complexity index is 659. The number of benzene rings is 1. The maximum atomic E-state index is 2.47. The average Bonchev–Trinajstić information content (AvgIpc) is 2.93. The van der Waals surface area contributed by atoms with Gasteiger partial charge in [-0.25, -0.2) is 6.07 Å². The van der Waals surface area contributed by atoms with Gasteiger partial charge in [-0.05, 0) is 26.7 Å². The SMILES string of the molecule is CCCCC[c-]1ccc([SiH2]c2c(C)cc(C)cc2C)c1C(C)CC.[Cl-].[Cl-].[Cl-].[Ti+4]. The maximum Gasteiger partial charge on any atom is 4.00 e. The third-order valence-corrected chi connectivity index (χ3v) is 8.01. The zero-order valence-corrected chi connectivity index (χ0v) is 23.5. The second kappa shape index (κ2) is 16.1. The summed E-state index contributed by atoms with van der Waals surface area (Å²) in [6, 6.07) is 9.64. The van der Waals surface area contributed by atoms with Gasteiger partial charge in [-0.15, -0.1) is 0 Å². The summed E-state index contributed by atoms with van der Waals surface area (Å²) in [5.41, 5.74) is 7.75. The summed E-state index contributed by atoms with van der Waals surface area (Å²) < 4.78 is 0. The van der Waals surface area contributed by atoms with E-state index >= 15 is 0 Å². The molecule has 0 nitrogen and oxygen atoms in total. The van der Waals surface area contributed by atoms with Crippen LogP contribution in [-0.4, -0.2) is 9.52 Å². The minimum atomic E-state index is -0.397. The van der Waals surface area contributed by atoms with Crippen LogP contribution in [0.1, 0.15) is 80.2 Å². The fraction of sp³-hybridized carbons (Fsp3) is 0.522. The smallest absolute Gasteiger partial charge is 1.00 e. The van der Waals surface area contributed by atoms with Crippen molar-refractivity contribution >= 4 is 19.9 Å². The molecule has 1 unspecified atom stereocenters. The van der Waals surface area contributed by atoms with Gasteiger partial charge in [-0.3, -0.25) is 0 Å². The summed E-state index contributed by atoms with van der Waals surface area (Å²) in [4.78, 5) is 0. The number of rotatable bonds is 8. The standard InChI is InChI=1S/C23H35Si.3ClH.Ti/c1-7-9-10-11-20-12-13-21(22(20)17(4)8-2)24-23-18(5)14-16(3)15-19(23)6;;;;/h12-15,17H,7-11,24H2,1-6H3;3*1H;/q-1;;;;+4/p-3. The average molecular weight is 494 g/mol. The summed E-state index contributed by atoms with van der Waals surface area (Å²) in [7, 11) is -0.397. The summed E-state index contributed by atoms with van der Waals surface area (Å²) in [6.07, 6.45) is 6.52. The predicted molar refractivity (Wildman–Crippen MR) is 112 cm³/mol. The van der Waals surface area contributed by atoms with Gasteiger partial charge in [0.05, 0.1) is 0 Å². The maximum absolute atomic E-state index is 2.47. The van der Waals surface area contributed by atoms with Crippen LogP contribution in [0, 0.1) is 20.8 Å². The van der Waals surface area contributed by atoms with E-state index < -0.39 is 9.52 Å². The molecule has 0 N–H and O–H groups in total. The number of unbranched alkanes of at least 4 members (excludes halogenated alkanes) is 2. The number of aryl methyl sites for hydroxylation is 4. The van der Waals surface area contributed by atoms with E-state index in [2.05, 4.69) is 65.8 Å². The summed E-state index contributed by atoms with van der Waals surface area (Å²) >= 11 is 0. The van der Waals surface area contributed by atoms with Crippen molar-refractivity contribution in [2.24, 2.45) is 0 Å². The number of halogens is 3.